The van der Waals surface area contributed by atoms with Crippen molar-refractivity contribution >= 4 is 40.8 Å². The lowest BCUT2D eigenvalue weighted by Gasteiger charge is -2.11. The first-order valence-corrected chi connectivity index (χ1v) is 3.57. The van der Waals surface area contributed by atoms with E-state index in [1.807, 2.05) is 0 Å². The van der Waals surface area contributed by atoms with E-state index < -0.39 is 22.5 Å². The van der Waals surface area contributed by atoms with Crippen LogP contribution in [0.1, 0.15) is 0 Å². The minimum atomic E-state index is -5.06. The number of hydrogen-bond donors (Lipinski definition) is 0. The van der Waals surface area contributed by atoms with Crippen LogP contribution in [0.4, 0.5) is 13.2 Å². The Balaban J connectivity index is 3.90. The average molecular weight is 245 g/mol. The number of rotatable bonds is 1. The number of ether oxygens (including phenoxy) is 1. The minimum Gasteiger partial charge on any atom is -0.454 e. The van der Waals surface area contributed by atoms with Crippen molar-refractivity contribution in [2.45, 2.75) is 9.97 Å². The topological polar surface area (TPSA) is 26.3 Å². The number of hydrogen-bond acceptors (Lipinski definition) is 2. The molecule has 0 radical (unpaired) electrons. The van der Waals surface area contributed by atoms with Gasteiger partial charge in [-0.25, -0.2) is 4.79 Å². The zero-order valence-electron chi connectivity index (χ0n) is 5.29. The molecule has 2 nitrogen and oxygen atoms in total. The maximum absolute atomic E-state index is 11.4. The highest BCUT2D eigenvalue weighted by Gasteiger charge is 2.42. The molecule has 0 aromatic heterocycles. The third-order valence-electron chi connectivity index (χ3n) is 0.598. The standard InChI is InChI=1S/C4H2Cl3F3O2/c5-3(6,7)1-12-2(11)4(8,9)10/h1H2. The van der Waals surface area contributed by atoms with Crippen molar-refractivity contribution < 1.29 is 22.7 Å². The molecule has 0 bridgehead atoms. The summed E-state index contributed by atoms with van der Waals surface area (Å²) in [5.41, 5.74) is 0. The molecule has 0 saturated heterocycles. The number of alkyl halides is 6. The Bertz CT molecular complexity index is 173. The third-order valence-corrected chi connectivity index (χ3v) is 0.926. The molecule has 0 atom stereocenters. The van der Waals surface area contributed by atoms with Crippen LogP contribution in [0.3, 0.4) is 0 Å². The fourth-order valence-electron chi connectivity index (χ4n) is 0.229. The average Bonchev–Trinajstić information content (AvgIpc) is 1.78. The summed E-state index contributed by atoms with van der Waals surface area (Å²) in [6.45, 7) is -0.935. The molecule has 0 rings (SSSR count). The van der Waals surface area contributed by atoms with E-state index in [-0.39, 0.29) is 0 Å². The molecule has 0 aliphatic heterocycles. The molecule has 0 saturated carbocycles. The van der Waals surface area contributed by atoms with Gasteiger partial charge in [0.1, 0.15) is 6.61 Å². The molecule has 0 aliphatic rings. The van der Waals surface area contributed by atoms with Gasteiger partial charge in [0, 0.05) is 0 Å². The van der Waals surface area contributed by atoms with Crippen LogP contribution in [0, 0.1) is 0 Å². The number of esters is 1. The van der Waals surface area contributed by atoms with Crippen molar-refractivity contribution in [3.05, 3.63) is 0 Å². The molecule has 0 aliphatic carbocycles. The van der Waals surface area contributed by atoms with Crippen molar-refractivity contribution in [3.63, 3.8) is 0 Å². The maximum Gasteiger partial charge on any atom is 0.490 e. The van der Waals surface area contributed by atoms with E-state index in [0.29, 0.717) is 0 Å². The summed E-state index contributed by atoms with van der Waals surface area (Å²) in [4.78, 5) is 9.99. The molecule has 0 N–H and O–H groups in total. The van der Waals surface area contributed by atoms with Gasteiger partial charge in [0.25, 0.3) is 0 Å². The zero-order chi connectivity index (χ0) is 9.99. The highest BCUT2D eigenvalue weighted by Crippen LogP contribution is 2.27. The molecular weight excluding hydrogens is 243 g/mol. The molecule has 0 heterocycles. The summed E-state index contributed by atoms with van der Waals surface area (Å²) >= 11 is 15.0. The second-order valence-electron chi connectivity index (χ2n) is 1.69. The Kier molecular flexibility index (Phi) is 3.93. The van der Waals surface area contributed by atoms with E-state index in [2.05, 4.69) is 4.74 Å². The molecule has 0 amide bonds. The summed E-state index contributed by atoms with van der Waals surface area (Å²) < 4.78 is 35.8. The lowest BCUT2D eigenvalue weighted by atomic mass is 10.6. The fourth-order valence-corrected chi connectivity index (χ4v) is 0.393. The molecule has 0 aromatic rings. The van der Waals surface area contributed by atoms with Gasteiger partial charge < -0.3 is 4.74 Å². The zero-order valence-corrected chi connectivity index (χ0v) is 7.56. The Morgan fingerprint density at radius 3 is 1.92 bits per heavy atom. The van der Waals surface area contributed by atoms with Crippen LogP contribution >= 0.6 is 34.8 Å². The van der Waals surface area contributed by atoms with Gasteiger partial charge in [-0.3, -0.25) is 0 Å². The number of halogens is 6. The van der Waals surface area contributed by atoms with E-state index in [1.165, 1.54) is 0 Å². The predicted octanol–water partition coefficient (Wildman–Crippen LogP) is 2.46. The van der Waals surface area contributed by atoms with Gasteiger partial charge in [-0.15, -0.1) is 0 Å². The summed E-state index contributed by atoms with van der Waals surface area (Å²) in [7, 11) is 0. The van der Waals surface area contributed by atoms with Gasteiger partial charge in [0.05, 0.1) is 0 Å². The highest BCUT2D eigenvalue weighted by atomic mass is 35.6. The maximum atomic E-state index is 11.4. The monoisotopic (exact) mass is 244 g/mol. The first-order valence-electron chi connectivity index (χ1n) is 2.43. The van der Waals surface area contributed by atoms with Crippen molar-refractivity contribution in [2.75, 3.05) is 6.61 Å². The van der Waals surface area contributed by atoms with Gasteiger partial charge in [-0.05, 0) is 0 Å². The molecule has 72 valence electrons. The van der Waals surface area contributed by atoms with Crippen LogP contribution in [-0.2, 0) is 9.53 Å². The second kappa shape index (κ2) is 3.89. The Labute approximate surface area is 80.5 Å². The molecular formula is C4H2Cl3F3O2. The van der Waals surface area contributed by atoms with E-state index in [1.54, 1.807) is 0 Å². The van der Waals surface area contributed by atoms with Gasteiger partial charge in [0.15, 0.2) is 0 Å². The van der Waals surface area contributed by atoms with E-state index in [9.17, 15) is 18.0 Å². The van der Waals surface area contributed by atoms with Gasteiger partial charge in [-0.2, -0.15) is 13.2 Å². The minimum absolute atomic E-state index is 0.935. The first kappa shape index (κ1) is 12.1. The molecule has 12 heavy (non-hydrogen) atoms. The summed E-state index contributed by atoms with van der Waals surface area (Å²) in [6, 6.07) is 0. The quantitative estimate of drug-likeness (QED) is 0.524. The smallest absolute Gasteiger partial charge is 0.454 e. The van der Waals surface area contributed by atoms with Crippen molar-refractivity contribution in [1.29, 1.82) is 0 Å². The van der Waals surface area contributed by atoms with Crippen LogP contribution in [0.2, 0.25) is 0 Å². The lowest BCUT2D eigenvalue weighted by molar-refractivity contribution is -0.199. The Morgan fingerprint density at radius 2 is 1.67 bits per heavy atom. The SMILES string of the molecule is O=C(OCC(Cl)(Cl)Cl)C(F)(F)F. The van der Waals surface area contributed by atoms with Gasteiger partial charge in [-0.1, -0.05) is 34.8 Å². The van der Waals surface area contributed by atoms with E-state index in [4.69, 9.17) is 34.8 Å². The van der Waals surface area contributed by atoms with Crippen molar-refractivity contribution in [2.24, 2.45) is 0 Å². The van der Waals surface area contributed by atoms with Crippen molar-refractivity contribution in [3.8, 4) is 0 Å². The molecule has 8 heteroatoms. The normalized spacial score (nSPS) is 12.8. The number of carbonyl (C=O) groups is 1. The molecule has 0 aromatic carbocycles. The largest absolute Gasteiger partial charge is 0.490 e. The number of carbonyl (C=O) groups excluding carboxylic acids is 1. The predicted molar refractivity (Wildman–Crippen MR) is 37.3 cm³/mol. The first-order chi connectivity index (χ1) is 5.13. The summed E-state index contributed by atoms with van der Waals surface area (Å²) in [5.74, 6) is -2.38. The summed E-state index contributed by atoms with van der Waals surface area (Å²) in [5, 5.41) is 0. The second-order valence-corrected chi connectivity index (χ2v) is 4.21. The van der Waals surface area contributed by atoms with Crippen LogP contribution in [-0.4, -0.2) is 22.5 Å². The lowest BCUT2D eigenvalue weighted by Crippen LogP contribution is -2.28. The molecule has 0 fully saturated rings. The van der Waals surface area contributed by atoms with Gasteiger partial charge >= 0.3 is 12.1 Å². The fraction of sp³-hybridized carbons (Fsp3) is 0.750. The Morgan fingerprint density at radius 1 is 1.25 bits per heavy atom. The van der Waals surface area contributed by atoms with Crippen molar-refractivity contribution in [1.82, 2.24) is 0 Å². The van der Waals surface area contributed by atoms with Gasteiger partial charge in [0.2, 0.25) is 3.79 Å². The van der Waals surface area contributed by atoms with E-state index >= 15 is 0 Å². The van der Waals surface area contributed by atoms with Crippen LogP contribution in [0.5, 0.6) is 0 Å². The molecule has 0 unspecified atom stereocenters. The third kappa shape index (κ3) is 5.74. The van der Waals surface area contributed by atoms with Crippen LogP contribution in [0.25, 0.3) is 0 Å². The molecule has 0 spiro atoms. The highest BCUT2D eigenvalue weighted by molar-refractivity contribution is 6.67. The van der Waals surface area contributed by atoms with Crippen LogP contribution < -0.4 is 0 Å². The Hall–Kier alpha value is 0.130. The van der Waals surface area contributed by atoms with Crippen LogP contribution in [0.15, 0.2) is 0 Å². The summed E-state index contributed by atoms with van der Waals surface area (Å²) in [6.07, 6.45) is -5.06. The van der Waals surface area contributed by atoms with E-state index in [0.717, 1.165) is 0 Å².